The van der Waals surface area contributed by atoms with E-state index in [0.717, 1.165) is 5.56 Å². The lowest BCUT2D eigenvalue weighted by Gasteiger charge is -2.33. The molecule has 0 aliphatic heterocycles. The quantitative estimate of drug-likeness (QED) is 0.921. The maximum Gasteiger partial charge on any atom is 0.391 e. The van der Waals surface area contributed by atoms with Crippen molar-refractivity contribution >= 4 is 11.6 Å². The summed E-state index contributed by atoms with van der Waals surface area (Å²) in [6.07, 6.45) is -3.42. The summed E-state index contributed by atoms with van der Waals surface area (Å²) in [5, 5.41) is 14.9. The van der Waals surface area contributed by atoms with E-state index in [0.29, 0.717) is 23.7 Å². The fourth-order valence-electron chi connectivity index (χ4n) is 3.16. The summed E-state index contributed by atoms with van der Waals surface area (Å²) in [5.74, 6) is -1.63. The number of aliphatic hydroxyl groups excluding tert-OH is 1. The van der Waals surface area contributed by atoms with Crippen molar-refractivity contribution in [1.82, 2.24) is 9.78 Å². The number of nitrogens with zero attached hydrogens (tertiary/aromatic N) is 2. The number of halogens is 4. The molecular formula is C14H20ClF3N2O. The normalized spacial score (nSPS) is 25.1. The van der Waals surface area contributed by atoms with Crippen molar-refractivity contribution < 1.29 is 18.3 Å². The third kappa shape index (κ3) is 3.72. The lowest BCUT2D eigenvalue weighted by atomic mass is 9.77. The first-order chi connectivity index (χ1) is 9.70. The van der Waals surface area contributed by atoms with Gasteiger partial charge in [-0.25, -0.2) is 0 Å². The van der Waals surface area contributed by atoms with Gasteiger partial charge in [-0.05, 0) is 32.1 Å². The smallest absolute Gasteiger partial charge is 0.391 e. The Balaban J connectivity index is 2.04. The van der Waals surface area contributed by atoms with Crippen LogP contribution in [0.4, 0.5) is 13.2 Å². The van der Waals surface area contributed by atoms with E-state index in [9.17, 15) is 18.3 Å². The summed E-state index contributed by atoms with van der Waals surface area (Å²) in [7, 11) is 1.70. The fourth-order valence-corrected chi connectivity index (χ4v) is 3.41. The monoisotopic (exact) mass is 324 g/mol. The maximum absolute atomic E-state index is 12.8. The highest BCUT2D eigenvalue weighted by Gasteiger charge is 2.43. The summed E-state index contributed by atoms with van der Waals surface area (Å²) in [4.78, 5) is 0. The van der Waals surface area contributed by atoms with Gasteiger partial charge in [0, 0.05) is 19.0 Å². The number of aryl methyl sites for hydroxylation is 2. The predicted octanol–water partition coefficient (Wildman–Crippen LogP) is 3.65. The molecule has 7 heteroatoms. The molecule has 0 spiro atoms. The van der Waals surface area contributed by atoms with Crippen LogP contribution in [0.2, 0.25) is 5.15 Å². The summed E-state index contributed by atoms with van der Waals surface area (Å²) in [6, 6.07) is 0. The third-order valence-electron chi connectivity index (χ3n) is 4.40. The van der Waals surface area contributed by atoms with Crippen LogP contribution >= 0.6 is 11.6 Å². The Morgan fingerprint density at radius 1 is 1.43 bits per heavy atom. The minimum atomic E-state index is -4.17. The zero-order valence-corrected chi connectivity index (χ0v) is 12.9. The van der Waals surface area contributed by atoms with Crippen molar-refractivity contribution in [3.63, 3.8) is 0 Å². The van der Waals surface area contributed by atoms with Gasteiger partial charge in [0.05, 0.1) is 17.7 Å². The van der Waals surface area contributed by atoms with Gasteiger partial charge in [-0.15, -0.1) is 0 Å². The third-order valence-corrected chi connectivity index (χ3v) is 4.88. The van der Waals surface area contributed by atoms with Gasteiger partial charge in [0.1, 0.15) is 5.15 Å². The second-order valence-corrected chi connectivity index (χ2v) is 6.27. The van der Waals surface area contributed by atoms with Gasteiger partial charge in [0.25, 0.3) is 0 Å². The van der Waals surface area contributed by atoms with Crippen LogP contribution in [0, 0.1) is 18.8 Å². The highest BCUT2D eigenvalue weighted by molar-refractivity contribution is 6.30. The molecule has 0 saturated heterocycles. The average molecular weight is 325 g/mol. The molecule has 0 aromatic carbocycles. The molecule has 1 aromatic rings. The van der Waals surface area contributed by atoms with Crippen molar-refractivity contribution in [3.05, 3.63) is 16.4 Å². The molecule has 1 heterocycles. The van der Waals surface area contributed by atoms with E-state index >= 15 is 0 Å². The Morgan fingerprint density at radius 2 is 2.10 bits per heavy atom. The number of rotatable bonds is 3. The van der Waals surface area contributed by atoms with Crippen molar-refractivity contribution in [3.8, 4) is 0 Å². The van der Waals surface area contributed by atoms with Crippen molar-refractivity contribution in [2.45, 2.75) is 51.3 Å². The average Bonchev–Trinajstić information content (AvgIpc) is 2.64. The van der Waals surface area contributed by atoms with Crippen LogP contribution in [0.5, 0.6) is 0 Å². The lowest BCUT2D eigenvalue weighted by Crippen LogP contribution is -2.34. The molecule has 0 radical (unpaired) electrons. The number of aliphatic hydroxyl groups is 1. The summed E-state index contributed by atoms with van der Waals surface area (Å²) in [5.41, 5.74) is 1.44. The van der Waals surface area contributed by atoms with E-state index in [-0.39, 0.29) is 25.2 Å². The first-order valence-corrected chi connectivity index (χ1v) is 7.50. The molecule has 1 aliphatic rings. The molecule has 1 saturated carbocycles. The molecule has 21 heavy (non-hydrogen) atoms. The molecule has 0 bridgehead atoms. The van der Waals surface area contributed by atoms with Crippen molar-refractivity contribution in [2.75, 3.05) is 0 Å². The van der Waals surface area contributed by atoms with Gasteiger partial charge in [-0.2, -0.15) is 18.3 Å². The molecule has 3 unspecified atom stereocenters. The van der Waals surface area contributed by atoms with Crippen LogP contribution < -0.4 is 0 Å². The van der Waals surface area contributed by atoms with Crippen LogP contribution in [0.1, 0.15) is 36.9 Å². The molecule has 1 fully saturated rings. The first kappa shape index (κ1) is 16.6. The lowest BCUT2D eigenvalue weighted by molar-refractivity contribution is -0.188. The SMILES string of the molecule is Cc1nn(C)c(Cl)c1CC(O)C1CCCC(C(F)(F)F)C1. The van der Waals surface area contributed by atoms with E-state index in [1.54, 1.807) is 14.0 Å². The second-order valence-electron chi connectivity index (χ2n) is 5.92. The molecule has 0 amide bonds. The number of hydrogen-bond donors (Lipinski definition) is 1. The topological polar surface area (TPSA) is 38.0 Å². The Kier molecular flexibility index (Phi) is 4.88. The van der Waals surface area contributed by atoms with Gasteiger partial charge in [0.2, 0.25) is 0 Å². The zero-order valence-electron chi connectivity index (χ0n) is 12.1. The largest absolute Gasteiger partial charge is 0.392 e. The zero-order chi connectivity index (χ0) is 15.8. The van der Waals surface area contributed by atoms with Gasteiger partial charge in [0.15, 0.2) is 0 Å². The molecule has 120 valence electrons. The summed E-state index contributed by atoms with van der Waals surface area (Å²) in [6.45, 7) is 1.79. The van der Waals surface area contributed by atoms with Crippen molar-refractivity contribution in [2.24, 2.45) is 18.9 Å². The van der Waals surface area contributed by atoms with E-state index in [4.69, 9.17) is 11.6 Å². The molecule has 3 nitrogen and oxygen atoms in total. The first-order valence-electron chi connectivity index (χ1n) is 7.13. The van der Waals surface area contributed by atoms with Crippen molar-refractivity contribution in [1.29, 1.82) is 0 Å². The van der Waals surface area contributed by atoms with Crippen LogP contribution in [-0.2, 0) is 13.5 Å². The Bertz CT molecular complexity index is 501. The van der Waals surface area contributed by atoms with E-state index < -0.39 is 18.2 Å². The van der Waals surface area contributed by atoms with E-state index in [2.05, 4.69) is 5.10 Å². The van der Waals surface area contributed by atoms with Gasteiger partial charge < -0.3 is 5.11 Å². The maximum atomic E-state index is 12.8. The highest BCUT2D eigenvalue weighted by Crippen LogP contribution is 2.41. The number of aromatic nitrogens is 2. The highest BCUT2D eigenvalue weighted by atomic mass is 35.5. The Labute approximate surface area is 127 Å². The Hall–Kier alpha value is -0.750. The minimum Gasteiger partial charge on any atom is -0.392 e. The fraction of sp³-hybridized carbons (Fsp3) is 0.786. The van der Waals surface area contributed by atoms with Crippen LogP contribution in [0.25, 0.3) is 0 Å². The second kappa shape index (κ2) is 6.16. The van der Waals surface area contributed by atoms with E-state index in [1.807, 2.05) is 0 Å². The molecular weight excluding hydrogens is 305 g/mol. The molecule has 2 rings (SSSR count). The van der Waals surface area contributed by atoms with Crippen LogP contribution in [0.3, 0.4) is 0 Å². The predicted molar refractivity (Wildman–Crippen MR) is 74.2 cm³/mol. The van der Waals surface area contributed by atoms with Crippen LogP contribution in [0.15, 0.2) is 0 Å². The summed E-state index contributed by atoms with van der Waals surface area (Å²) < 4.78 is 40.0. The minimum absolute atomic E-state index is 0.00158. The van der Waals surface area contributed by atoms with Gasteiger partial charge in [-0.3, -0.25) is 4.68 Å². The molecule has 1 aromatic heterocycles. The molecule has 3 atom stereocenters. The van der Waals surface area contributed by atoms with Gasteiger partial charge in [-0.1, -0.05) is 18.0 Å². The number of hydrogen-bond acceptors (Lipinski definition) is 2. The molecule has 1 aliphatic carbocycles. The van der Waals surface area contributed by atoms with Gasteiger partial charge >= 0.3 is 6.18 Å². The molecule has 1 N–H and O–H groups in total. The van der Waals surface area contributed by atoms with Crippen LogP contribution in [-0.4, -0.2) is 27.2 Å². The number of alkyl halides is 3. The van der Waals surface area contributed by atoms with E-state index in [1.165, 1.54) is 4.68 Å². The Morgan fingerprint density at radius 3 is 2.62 bits per heavy atom. The summed E-state index contributed by atoms with van der Waals surface area (Å²) >= 11 is 6.11. The standard InChI is InChI=1S/C14H20ClF3N2O/c1-8-11(13(15)20(2)19-8)7-12(21)9-4-3-5-10(6-9)14(16,17)18/h9-10,12,21H,3-7H2,1-2H3.